The first kappa shape index (κ1) is 21.7. The summed E-state index contributed by atoms with van der Waals surface area (Å²) >= 11 is 6.31. The Kier molecular flexibility index (Phi) is 8.41. The van der Waals surface area contributed by atoms with Crippen LogP contribution in [-0.2, 0) is 9.47 Å². The largest absolute Gasteiger partial charge is 0.466 e. The first-order chi connectivity index (χ1) is 14.3. The highest BCUT2D eigenvalue weighted by Gasteiger charge is 2.16. The Hall–Kier alpha value is -2.01. The molecule has 0 amide bonds. The molecule has 3 aromatic rings. The minimum absolute atomic E-state index is 0.200. The van der Waals surface area contributed by atoms with Crippen LogP contribution in [0.2, 0.25) is 5.02 Å². The molecule has 0 aromatic heterocycles. The van der Waals surface area contributed by atoms with E-state index in [4.69, 9.17) is 30.5 Å². The van der Waals surface area contributed by atoms with Gasteiger partial charge in [0.15, 0.2) is 13.6 Å². The summed E-state index contributed by atoms with van der Waals surface area (Å²) in [7, 11) is 0. The molecule has 0 saturated heterocycles. The molecule has 0 spiro atoms. The molecule has 0 heterocycles. The number of benzene rings is 3. The van der Waals surface area contributed by atoms with Crippen LogP contribution in [0.1, 0.15) is 39.5 Å². The highest BCUT2D eigenvalue weighted by molar-refractivity contribution is 6.31. The van der Waals surface area contributed by atoms with Crippen LogP contribution in [0.4, 0.5) is 0 Å². The van der Waals surface area contributed by atoms with Crippen LogP contribution in [-0.4, -0.2) is 26.8 Å². The van der Waals surface area contributed by atoms with E-state index in [1.165, 1.54) is 0 Å². The molecule has 0 saturated carbocycles. The molecule has 0 bridgehead atoms. The second-order valence-electron chi connectivity index (χ2n) is 6.94. The van der Waals surface area contributed by atoms with Gasteiger partial charge >= 0.3 is 0 Å². The zero-order valence-corrected chi connectivity index (χ0v) is 18.0. The van der Waals surface area contributed by atoms with Gasteiger partial charge in [-0.1, -0.05) is 62.6 Å². The molecule has 0 unspecified atom stereocenters. The van der Waals surface area contributed by atoms with Crippen molar-refractivity contribution >= 4 is 33.1 Å². The zero-order chi connectivity index (χ0) is 20.5. The average Bonchev–Trinajstić information content (AvgIpc) is 2.74. The number of unbranched alkanes of at least 4 members (excludes halogenated alkanes) is 2. The van der Waals surface area contributed by atoms with E-state index in [0.717, 1.165) is 58.7 Å². The van der Waals surface area contributed by atoms with Crippen LogP contribution in [0.25, 0.3) is 21.5 Å². The van der Waals surface area contributed by atoms with Crippen molar-refractivity contribution in [3.63, 3.8) is 0 Å². The molecule has 156 valence electrons. The fourth-order valence-electron chi connectivity index (χ4n) is 3.19. The van der Waals surface area contributed by atoms with Gasteiger partial charge < -0.3 is 18.9 Å². The molecule has 0 fully saturated rings. The number of rotatable bonds is 12. The highest BCUT2D eigenvalue weighted by atomic mass is 35.5. The standard InChI is InChI=1S/C24H29ClO4/c1-3-5-13-26-16-28-23-19-9-7-8-10-20(19)24(29-17-27-14-6-4-2)22-15-18(25)11-12-21(22)23/h7-12,15H,3-6,13-14,16-17H2,1-2H3. The molecular formula is C24H29ClO4. The van der Waals surface area contributed by atoms with Gasteiger partial charge in [0.1, 0.15) is 11.5 Å². The molecule has 0 aliphatic heterocycles. The second-order valence-corrected chi connectivity index (χ2v) is 7.38. The van der Waals surface area contributed by atoms with Crippen molar-refractivity contribution in [1.29, 1.82) is 0 Å². The van der Waals surface area contributed by atoms with Gasteiger partial charge in [0.25, 0.3) is 0 Å². The third-order valence-corrected chi connectivity index (χ3v) is 4.98. The zero-order valence-electron chi connectivity index (χ0n) is 17.2. The summed E-state index contributed by atoms with van der Waals surface area (Å²) in [6, 6.07) is 13.8. The van der Waals surface area contributed by atoms with Crippen molar-refractivity contribution in [2.45, 2.75) is 39.5 Å². The van der Waals surface area contributed by atoms with Gasteiger partial charge in [-0.25, -0.2) is 0 Å². The van der Waals surface area contributed by atoms with Crippen molar-refractivity contribution in [2.24, 2.45) is 0 Å². The van der Waals surface area contributed by atoms with Crippen molar-refractivity contribution in [3.05, 3.63) is 47.5 Å². The summed E-state index contributed by atoms with van der Waals surface area (Å²) < 4.78 is 23.4. The minimum atomic E-state index is 0.200. The Balaban J connectivity index is 1.96. The normalized spacial score (nSPS) is 11.3. The van der Waals surface area contributed by atoms with E-state index in [0.29, 0.717) is 18.2 Å². The van der Waals surface area contributed by atoms with Gasteiger partial charge in [-0.15, -0.1) is 0 Å². The lowest BCUT2D eigenvalue weighted by Gasteiger charge is -2.18. The summed E-state index contributed by atoms with van der Waals surface area (Å²) in [5, 5.41) is 4.43. The van der Waals surface area contributed by atoms with Crippen LogP contribution in [0, 0.1) is 0 Å². The lowest BCUT2D eigenvalue weighted by Crippen LogP contribution is -2.07. The van der Waals surface area contributed by atoms with Crippen LogP contribution >= 0.6 is 11.6 Å². The van der Waals surface area contributed by atoms with Crippen LogP contribution in [0.5, 0.6) is 11.5 Å². The van der Waals surface area contributed by atoms with Crippen molar-refractivity contribution < 1.29 is 18.9 Å². The van der Waals surface area contributed by atoms with E-state index in [9.17, 15) is 0 Å². The van der Waals surface area contributed by atoms with Crippen molar-refractivity contribution in [2.75, 3.05) is 26.8 Å². The van der Waals surface area contributed by atoms with E-state index in [2.05, 4.69) is 13.8 Å². The van der Waals surface area contributed by atoms with Gasteiger partial charge in [0.2, 0.25) is 0 Å². The Morgan fingerprint density at radius 3 is 1.76 bits per heavy atom. The predicted octanol–water partition coefficient (Wildman–Crippen LogP) is 6.95. The topological polar surface area (TPSA) is 36.9 Å². The maximum atomic E-state index is 6.31. The minimum Gasteiger partial charge on any atom is -0.466 e. The van der Waals surface area contributed by atoms with Crippen molar-refractivity contribution in [3.8, 4) is 11.5 Å². The van der Waals surface area contributed by atoms with E-state index >= 15 is 0 Å². The molecule has 4 nitrogen and oxygen atoms in total. The molecule has 0 N–H and O–H groups in total. The lowest BCUT2D eigenvalue weighted by atomic mass is 10.0. The summed E-state index contributed by atoms with van der Waals surface area (Å²) in [5.74, 6) is 1.54. The molecule has 3 rings (SSSR count). The third-order valence-electron chi connectivity index (χ3n) is 4.74. The summed E-state index contributed by atoms with van der Waals surface area (Å²) in [6.07, 6.45) is 4.22. The molecule has 0 aliphatic carbocycles. The summed E-state index contributed by atoms with van der Waals surface area (Å²) in [4.78, 5) is 0. The van der Waals surface area contributed by atoms with E-state index in [-0.39, 0.29) is 13.6 Å². The quantitative estimate of drug-likeness (QED) is 0.182. The molecule has 0 atom stereocenters. The fourth-order valence-corrected chi connectivity index (χ4v) is 3.37. The van der Waals surface area contributed by atoms with Gasteiger partial charge in [-0.3, -0.25) is 0 Å². The Morgan fingerprint density at radius 1 is 0.690 bits per heavy atom. The molecule has 0 radical (unpaired) electrons. The maximum absolute atomic E-state index is 6.31. The SMILES string of the molecule is CCCCOCOc1c2ccccc2c(OCOCCCC)c2cc(Cl)ccc12. The third kappa shape index (κ3) is 5.53. The van der Waals surface area contributed by atoms with Gasteiger partial charge in [0.05, 0.1) is 13.2 Å². The Morgan fingerprint density at radius 2 is 1.21 bits per heavy atom. The Labute approximate surface area is 177 Å². The number of hydrogen-bond donors (Lipinski definition) is 0. The number of ether oxygens (including phenoxy) is 4. The van der Waals surface area contributed by atoms with Crippen LogP contribution < -0.4 is 9.47 Å². The first-order valence-electron chi connectivity index (χ1n) is 10.3. The van der Waals surface area contributed by atoms with Crippen LogP contribution in [0.15, 0.2) is 42.5 Å². The number of halogens is 1. The van der Waals surface area contributed by atoms with Crippen molar-refractivity contribution in [1.82, 2.24) is 0 Å². The van der Waals surface area contributed by atoms with Crippen LogP contribution in [0.3, 0.4) is 0 Å². The smallest absolute Gasteiger partial charge is 0.189 e. The average molecular weight is 417 g/mol. The summed E-state index contributed by atoms with van der Waals surface area (Å²) in [6.45, 7) is 6.06. The van der Waals surface area contributed by atoms with Gasteiger partial charge in [-0.2, -0.15) is 0 Å². The molecular weight excluding hydrogens is 388 g/mol. The van der Waals surface area contributed by atoms with Gasteiger partial charge in [0, 0.05) is 26.6 Å². The second kappa shape index (κ2) is 11.2. The number of hydrogen-bond acceptors (Lipinski definition) is 4. The van der Waals surface area contributed by atoms with E-state index < -0.39 is 0 Å². The lowest BCUT2D eigenvalue weighted by molar-refractivity contribution is 0.0143. The van der Waals surface area contributed by atoms with E-state index in [1.54, 1.807) is 0 Å². The van der Waals surface area contributed by atoms with E-state index in [1.807, 2.05) is 42.5 Å². The fraction of sp³-hybridized carbons (Fsp3) is 0.417. The number of fused-ring (bicyclic) bond motifs is 2. The molecule has 5 heteroatoms. The predicted molar refractivity (Wildman–Crippen MR) is 119 cm³/mol. The monoisotopic (exact) mass is 416 g/mol. The summed E-state index contributed by atoms with van der Waals surface area (Å²) in [5.41, 5.74) is 0. The molecule has 3 aromatic carbocycles. The maximum Gasteiger partial charge on any atom is 0.189 e. The molecule has 0 aliphatic rings. The van der Waals surface area contributed by atoms with Gasteiger partial charge in [-0.05, 0) is 31.0 Å². The molecule has 29 heavy (non-hydrogen) atoms. The highest BCUT2D eigenvalue weighted by Crippen LogP contribution is 2.43. The first-order valence-corrected chi connectivity index (χ1v) is 10.7. The Bertz CT molecular complexity index is 926.